The van der Waals surface area contributed by atoms with E-state index < -0.39 is 0 Å². The van der Waals surface area contributed by atoms with E-state index in [1.165, 1.54) is 0 Å². The summed E-state index contributed by atoms with van der Waals surface area (Å²) >= 11 is 0. The van der Waals surface area contributed by atoms with Crippen LogP contribution in [-0.4, -0.2) is 38.6 Å². The number of carbonyl (C=O) groups excluding carboxylic acids is 1. The average molecular weight is 320 g/mol. The van der Waals surface area contributed by atoms with Crippen molar-refractivity contribution in [2.45, 2.75) is 33.7 Å². The van der Waals surface area contributed by atoms with E-state index >= 15 is 0 Å². The molecule has 3 N–H and O–H groups in total. The zero-order valence-electron chi connectivity index (χ0n) is 14.5. The molecule has 1 amide bonds. The number of hydrogen-bond acceptors (Lipinski definition) is 3. The molecule has 0 fully saturated rings. The molecule has 0 saturated carbocycles. The minimum atomic E-state index is -0.0415. The second-order valence-electron chi connectivity index (χ2n) is 5.17. The van der Waals surface area contributed by atoms with Gasteiger partial charge in [0.05, 0.1) is 13.2 Å². The molecule has 1 aromatic rings. The fourth-order valence-corrected chi connectivity index (χ4v) is 1.99. The maximum Gasteiger partial charge on any atom is 0.239 e. The normalized spacial score (nSPS) is 11.0. The van der Waals surface area contributed by atoms with Gasteiger partial charge in [0.25, 0.3) is 0 Å². The number of guanidine groups is 1. The standard InChI is InChI=1S/C17H28N4O2/c1-5-9-19-16(22)12-21-17(18-4)20-11-14-8-7-13(3)10-15(14)23-6-2/h7-8,10H,5-6,9,11-12H2,1-4H3,(H,19,22)(H2,18,20,21). The number of ether oxygens (including phenoxy) is 1. The van der Waals surface area contributed by atoms with Crippen LogP contribution in [0.4, 0.5) is 0 Å². The van der Waals surface area contributed by atoms with E-state index in [0.29, 0.717) is 25.7 Å². The number of aliphatic imine (C=N–C) groups is 1. The van der Waals surface area contributed by atoms with Gasteiger partial charge in [0.15, 0.2) is 5.96 Å². The van der Waals surface area contributed by atoms with Gasteiger partial charge >= 0.3 is 0 Å². The summed E-state index contributed by atoms with van der Waals surface area (Å²) in [5, 5.41) is 9.00. The summed E-state index contributed by atoms with van der Waals surface area (Å²) in [6.07, 6.45) is 0.923. The van der Waals surface area contributed by atoms with Crippen molar-refractivity contribution in [3.63, 3.8) is 0 Å². The molecule has 0 unspecified atom stereocenters. The summed E-state index contributed by atoms with van der Waals surface area (Å²) < 4.78 is 5.66. The number of nitrogens with one attached hydrogen (secondary N) is 3. The molecule has 0 spiro atoms. The Kier molecular flexibility index (Phi) is 8.57. The second-order valence-corrected chi connectivity index (χ2v) is 5.17. The van der Waals surface area contributed by atoms with E-state index in [0.717, 1.165) is 23.3 Å². The smallest absolute Gasteiger partial charge is 0.239 e. The minimum absolute atomic E-state index is 0.0415. The highest BCUT2D eigenvalue weighted by Crippen LogP contribution is 2.20. The lowest BCUT2D eigenvalue weighted by atomic mass is 10.1. The Morgan fingerprint density at radius 3 is 2.65 bits per heavy atom. The van der Waals surface area contributed by atoms with Gasteiger partial charge in [-0.1, -0.05) is 19.1 Å². The first-order chi connectivity index (χ1) is 11.1. The molecule has 0 heterocycles. The lowest BCUT2D eigenvalue weighted by Crippen LogP contribution is -2.43. The number of aryl methyl sites for hydroxylation is 1. The van der Waals surface area contributed by atoms with E-state index in [2.05, 4.69) is 20.9 Å². The van der Waals surface area contributed by atoms with Crippen molar-refractivity contribution in [3.05, 3.63) is 29.3 Å². The zero-order chi connectivity index (χ0) is 17.1. The highest BCUT2D eigenvalue weighted by molar-refractivity contribution is 5.86. The molecule has 0 aliphatic heterocycles. The molecule has 0 radical (unpaired) electrons. The summed E-state index contributed by atoms with van der Waals surface area (Å²) in [7, 11) is 1.68. The summed E-state index contributed by atoms with van der Waals surface area (Å²) in [5.41, 5.74) is 2.21. The van der Waals surface area contributed by atoms with Gasteiger partial charge in [0.2, 0.25) is 5.91 Å². The van der Waals surface area contributed by atoms with E-state index in [1.807, 2.05) is 39.0 Å². The van der Waals surface area contributed by atoms with Gasteiger partial charge in [0.1, 0.15) is 5.75 Å². The number of benzene rings is 1. The lowest BCUT2D eigenvalue weighted by molar-refractivity contribution is -0.120. The van der Waals surface area contributed by atoms with Crippen molar-refractivity contribution in [3.8, 4) is 5.75 Å². The molecular weight excluding hydrogens is 292 g/mol. The Hall–Kier alpha value is -2.24. The molecule has 6 nitrogen and oxygen atoms in total. The monoisotopic (exact) mass is 320 g/mol. The first-order valence-electron chi connectivity index (χ1n) is 8.04. The Labute approximate surface area is 138 Å². The van der Waals surface area contributed by atoms with E-state index in [1.54, 1.807) is 7.05 Å². The van der Waals surface area contributed by atoms with Crippen LogP contribution in [0.2, 0.25) is 0 Å². The topological polar surface area (TPSA) is 74.8 Å². The number of nitrogens with zero attached hydrogens (tertiary/aromatic N) is 1. The Bertz CT molecular complexity index is 529. The predicted molar refractivity (Wildman–Crippen MR) is 93.9 cm³/mol. The SMILES string of the molecule is CCCNC(=O)CNC(=NC)NCc1ccc(C)cc1OCC. The first kappa shape index (κ1) is 18.8. The van der Waals surface area contributed by atoms with Crippen molar-refractivity contribution >= 4 is 11.9 Å². The summed E-state index contributed by atoms with van der Waals surface area (Å²) in [6, 6.07) is 6.11. The fourth-order valence-electron chi connectivity index (χ4n) is 1.99. The summed E-state index contributed by atoms with van der Waals surface area (Å²) in [6.45, 7) is 8.11. The molecule has 0 aromatic heterocycles. The number of carbonyl (C=O) groups is 1. The molecule has 0 aliphatic carbocycles. The van der Waals surface area contributed by atoms with Crippen LogP contribution in [0.5, 0.6) is 5.75 Å². The Balaban J connectivity index is 2.53. The summed E-state index contributed by atoms with van der Waals surface area (Å²) in [4.78, 5) is 15.7. The van der Waals surface area contributed by atoms with Gasteiger partial charge < -0.3 is 20.7 Å². The quantitative estimate of drug-likeness (QED) is 0.502. The molecule has 23 heavy (non-hydrogen) atoms. The minimum Gasteiger partial charge on any atom is -0.494 e. The highest BCUT2D eigenvalue weighted by atomic mass is 16.5. The van der Waals surface area contributed by atoms with Crippen molar-refractivity contribution in [1.29, 1.82) is 0 Å². The van der Waals surface area contributed by atoms with Crippen LogP contribution in [0.25, 0.3) is 0 Å². The van der Waals surface area contributed by atoms with Crippen molar-refractivity contribution in [2.75, 3.05) is 26.7 Å². The van der Waals surface area contributed by atoms with Gasteiger partial charge in [-0.2, -0.15) is 0 Å². The van der Waals surface area contributed by atoms with Gasteiger partial charge in [-0.3, -0.25) is 9.79 Å². The molecule has 128 valence electrons. The molecule has 1 rings (SSSR count). The molecular formula is C17H28N4O2. The largest absolute Gasteiger partial charge is 0.494 e. The molecule has 0 bridgehead atoms. The fraction of sp³-hybridized carbons (Fsp3) is 0.529. The van der Waals surface area contributed by atoms with Gasteiger partial charge in [-0.25, -0.2) is 0 Å². The Morgan fingerprint density at radius 1 is 1.22 bits per heavy atom. The zero-order valence-corrected chi connectivity index (χ0v) is 14.5. The van der Waals surface area contributed by atoms with Crippen molar-refractivity contribution in [2.24, 2.45) is 4.99 Å². The number of amides is 1. The van der Waals surface area contributed by atoms with Crippen LogP contribution in [-0.2, 0) is 11.3 Å². The van der Waals surface area contributed by atoms with Crippen LogP contribution < -0.4 is 20.7 Å². The third-order valence-electron chi connectivity index (χ3n) is 3.18. The number of rotatable bonds is 8. The van der Waals surface area contributed by atoms with Gasteiger partial charge in [-0.15, -0.1) is 0 Å². The van der Waals surface area contributed by atoms with Gasteiger partial charge in [0, 0.05) is 25.7 Å². The van der Waals surface area contributed by atoms with E-state index in [9.17, 15) is 4.79 Å². The van der Waals surface area contributed by atoms with Crippen molar-refractivity contribution < 1.29 is 9.53 Å². The van der Waals surface area contributed by atoms with Crippen LogP contribution in [0, 0.1) is 6.92 Å². The predicted octanol–water partition coefficient (Wildman–Crippen LogP) is 1.58. The maximum absolute atomic E-state index is 11.6. The molecule has 1 aromatic carbocycles. The van der Waals surface area contributed by atoms with Gasteiger partial charge in [-0.05, 0) is 31.9 Å². The van der Waals surface area contributed by atoms with E-state index in [-0.39, 0.29) is 12.5 Å². The first-order valence-corrected chi connectivity index (χ1v) is 8.04. The van der Waals surface area contributed by atoms with E-state index in [4.69, 9.17) is 4.74 Å². The molecule has 0 aliphatic rings. The third kappa shape index (κ3) is 7.04. The lowest BCUT2D eigenvalue weighted by Gasteiger charge is -2.15. The molecule has 0 atom stereocenters. The Morgan fingerprint density at radius 2 is 2.00 bits per heavy atom. The number of hydrogen-bond donors (Lipinski definition) is 3. The molecule has 6 heteroatoms. The second kappa shape index (κ2) is 10.5. The maximum atomic E-state index is 11.6. The molecule has 0 saturated heterocycles. The van der Waals surface area contributed by atoms with Crippen LogP contribution in [0.15, 0.2) is 23.2 Å². The van der Waals surface area contributed by atoms with Crippen LogP contribution in [0.3, 0.4) is 0 Å². The average Bonchev–Trinajstić information content (AvgIpc) is 2.55. The van der Waals surface area contributed by atoms with Crippen LogP contribution >= 0.6 is 0 Å². The highest BCUT2D eigenvalue weighted by Gasteiger charge is 2.06. The summed E-state index contributed by atoms with van der Waals surface area (Å²) in [5.74, 6) is 1.41. The third-order valence-corrected chi connectivity index (χ3v) is 3.18. The van der Waals surface area contributed by atoms with Crippen LogP contribution in [0.1, 0.15) is 31.4 Å². The van der Waals surface area contributed by atoms with Crippen molar-refractivity contribution in [1.82, 2.24) is 16.0 Å².